The number of nitrogens with one attached hydrogen (secondary N) is 1. The van der Waals surface area contributed by atoms with Gasteiger partial charge in [0.1, 0.15) is 10.7 Å². The smallest absolute Gasteiger partial charge is 0.384 e. The third kappa shape index (κ3) is 4.75. The number of benzene rings is 2. The van der Waals surface area contributed by atoms with Gasteiger partial charge in [0, 0.05) is 25.2 Å². The van der Waals surface area contributed by atoms with Gasteiger partial charge >= 0.3 is 5.51 Å². The van der Waals surface area contributed by atoms with Gasteiger partial charge in [0.25, 0.3) is 15.7 Å². The number of carbonyl (C=O) groups is 1. The van der Waals surface area contributed by atoms with E-state index < -0.39 is 26.1 Å². The van der Waals surface area contributed by atoms with Crippen molar-refractivity contribution in [3.8, 4) is 0 Å². The molecule has 2 aromatic rings. The van der Waals surface area contributed by atoms with E-state index in [9.17, 15) is 30.8 Å². The van der Waals surface area contributed by atoms with E-state index in [1.54, 1.807) is 29.2 Å². The molecule has 0 unspecified atom stereocenters. The first-order valence-electron chi connectivity index (χ1n) is 9.28. The number of alkyl halides is 3. The Morgan fingerprint density at radius 2 is 1.70 bits per heavy atom. The molecule has 1 aliphatic heterocycles. The predicted octanol–water partition coefficient (Wildman–Crippen LogP) is 4.08. The lowest BCUT2D eigenvalue weighted by Gasteiger charge is -2.32. The highest BCUT2D eigenvalue weighted by atomic mass is 32.2. The minimum Gasteiger partial charge on any atom is -0.384 e. The monoisotopic (exact) mass is 444 g/mol. The van der Waals surface area contributed by atoms with Gasteiger partial charge in [-0.3, -0.25) is 4.79 Å². The van der Waals surface area contributed by atoms with Crippen LogP contribution in [0.4, 0.5) is 23.2 Å². The lowest BCUT2D eigenvalue weighted by Crippen LogP contribution is -2.40. The molecule has 30 heavy (non-hydrogen) atoms. The van der Waals surface area contributed by atoms with Crippen molar-refractivity contribution >= 4 is 21.4 Å². The molecule has 0 aliphatic carbocycles. The quantitative estimate of drug-likeness (QED) is 0.706. The lowest BCUT2D eigenvalue weighted by atomic mass is 9.96. The van der Waals surface area contributed by atoms with Crippen molar-refractivity contribution in [1.82, 2.24) is 4.90 Å². The number of piperidine rings is 1. The van der Waals surface area contributed by atoms with Crippen molar-refractivity contribution in [3.05, 3.63) is 59.9 Å². The van der Waals surface area contributed by atoms with E-state index in [-0.39, 0.29) is 24.1 Å². The molecule has 1 saturated heterocycles. The number of nitrogens with zero attached hydrogens (tertiary/aromatic N) is 1. The Morgan fingerprint density at radius 3 is 2.30 bits per heavy atom. The van der Waals surface area contributed by atoms with Crippen LogP contribution in [0.15, 0.2) is 53.4 Å². The molecule has 0 radical (unpaired) electrons. The predicted molar refractivity (Wildman–Crippen MR) is 103 cm³/mol. The maximum absolute atomic E-state index is 13.4. The topological polar surface area (TPSA) is 66.5 Å². The Kier molecular flexibility index (Phi) is 6.35. The van der Waals surface area contributed by atoms with E-state index in [1.165, 1.54) is 0 Å². The molecule has 5 nitrogen and oxygen atoms in total. The summed E-state index contributed by atoms with van der Waals surface area (Å²) in [6, 6.07) is 11.1. The number of carbonyl (C=O) groups excluding carboxylic acids is 1. The molecule has 1 amide bonds. The van der Waals surface area contributed by atoms with Gasteiger partial charge in [-0.05, 0) is 49.1 Å². The van der Waals surface area contributed by atoms with Gasteiger partial charge in [-0.15, -0.1) is 0 Å². The second-order valence-electron chi connectivity index (χ2n) is 7.07. The molecule has 1 heterocycles. The second kappa shape index (κ2) is 8.63. The summed E-state index contributed by atoms with van der Waals surface area (Å²) in [6.45, 7) is 1.17. The third-order valence-corrected chi connectivity index (χ3v) is 6.57. The van der Waals surface area contributed by atoms with E-state index in [0.29, 0.717) is 37.6 Å². The third-order valence-electron chi connectivity index (χ3n) is 5.04. The summed E-state index contributed by atoms with van der Waals surface area (Å²) < 4.78 is 75.7. The van der Waals surface area contributed by atoms with Gasteiger partial charge < -0.3 is 10.2 Å². The number of hydrogen-bond acceptors (Lipinski definition) is 4. The summed E-state index contributed by atoms with van der Waals surface area (Å²) in [5, 5.41) is 2.71. The van der Waals surface area contributed by atoms with Crippen LogP contribution >= 0.6 is 0 Å². The van der Waals surface area contributed by atoms with Gasteiger partial charge in [0.05, 0.1) is 5.69 Å². The van der Waals surface area contributed by atoms with Crippen LogP contribution < -0.4 is 5.32 Å². The zero-order chi connectivity index (χ0) is 21.9. The molecular formula is C20H20F4N2O3S. The summed E-state index contributed by atoms with van der Waals surface area (Å²) in [6.07, 6.45) is 1.21. The highest BCUT2D eigenvalue weighted by molar-refractivity contribution is 7.92. The maximum atomic E-state index is 13.4. The number of rotatable bonds is 5. The van der Waals surface area contributed by atoms with Gasteiger partial charge in [-0.25, -0.2) is 12.8 Å². The van der Waals surface area contributed by atoms with Crippen molar-refractivity contribution in [2.45, 2.75) is 23.2 Å². The zero-order valence-electron chi connectivity index (χ0n) is 15.8. The Balaban J connectivity index is 1.63. The molecule has 162 valence electrons. The fourth-order valence-corrected chi connectivity index (χ4v) is 4.29. The molecule has 1 aliphatic rings. The SMILES string of the molecule is O=C(c1ccccc1)N1CCC(CNc2ccc(F)cc2S(=O)(=O)C(F)(F)F)CC1. The fourth-order valence-electron chi connectivity index (χ4n) is 3.35. The number of amides is 1. The Bertz CT molecular complexity index is 1000. The lowest BCUT2D eigenvalue weighted by molar-refractivity contribution is -0.0435. The van der Waals surface area contributed by atoms with Crippen LogP contribution in [0.5, 0.6) is 0 Å². The molecule has 1 N–H and O–H groups in total. The van der Waals surface area contributed by atoms with Gasteiger partial charge in [-0.2, -0.15) is 13.2 Å². The average molecular weight is 444 g/mol. The minimum atomic E-state index is -5.69. The molecule has 0 spiro atoms. The van der Waals surface area contributed by atoms with E-state index in [2.05, 4.69) is 5.32 Å². The van der Waals surface area contributed by atoms with Crippen molar-refractivity contribution < 1.29 is 30.8 Å². The summed E-state index contributed by atoms with van der Waals surface area (Å²) >= 11 is 0. The number of hydrogen-bond donors (Lipinski definition) is 1. The zero-order valence-corrected chi connectivity index (χ0v) is 16.6. The summed E-state index contributed by atoms with van der Waals surface area (Å²) in [4.78, 5) is 13.0. The van der Waals surface area contributed by atoms with Gasteiger partial charge in [-0.1, -0.05) is 18.2 Å². The summed E-state index contributed by atoms with van der Waals surface area (Å²) in [7, 11) is -5.69. The largest absolute Gasteiger partial charge is 0.501 e. The van der Waals surface area contributed by atoms with Crippen LogP contribution in [-0.2, 0) is 9.84 Å². The van der Waals surface area contributed by atoms with Crippen molar-refractivity contribution in [3.63, 3.8) is 0 Å². The Labute approximate surface area is 171 Å². The van der Waals surface area contributed by atoms with Crippen LogP contribution in [0.2, 0.25) is 0 Å². The van der Waals surface area contributed by atoms with Crippen LogP contribution in [0.25, 0.3) is 0 Å². The first-order valence-corrected chi connectivity index (χ1v) is 10.8. The van der Waals surface area contributed by atoms with Crippen LogP contribution in [0.1, 0.15) is 23.2 Å². The average Bonchev–Trinajstić information content (AvgIpc) is 2.72. The first kappa shape index (κ1) is 22.1. The molecule has 2 aromatic carbocycles. The van der Waals surface area contributed by atoms with E-state index in [0.717, 1.165) is 12.1 Å². The van der Waals surface area contributed by atoms with E-state index >= 15 is 0 Å². The minimum absolute atomic E-state index is 0.0244. The van der Waals surface area contributed by atoms with Crippen LogP contribution in [0.3, 0.4) is 0 Å². The summed E-state index contributed by atoms with van der Waals surface area (Å²) in [5.41, 5.74) is -5.24. The first-order chi connectivity index (χ1) is 14.1. The molecule has 0 atom stereocenters. The molecule has 0 saturated carbocycles. The second-order valence-corrected chi connectivity index (χ2v) is 8.98. The molecule has 3 rings (SSSR count). The molecule has 0 aromatic heterocycles. The van der Waals surface area contributed by atoms with Crippen LogP contribution in [-0.4, -0.2) is 44.4 Å². The number of sulfone groups is 1. The molecule has 0 bridgehead atoms. The molecular weight excluding hydrogens is 424 g/mol. The van der Waals surface area contributed by atoms with Gasteiger partial charge in [0.2, 0.25) is 0 Å². The Morgan fingerprint density at radius 1 is 1.07 bits per heavy atom. The number of anilines is 1. The van der Waals surface area contributed by atoms with E-state index in [4.69, 9.17) is 0 Å². The van der Waals surface area contributed by atoms with E-state index in [1.807, 2.05) is 6.07 Å². The highest BCUT2D eigenvalue weighted by Crippen LogP contribution is 2.35. The normalized spacial score (nSPS) is 15.8. The van der Waals surface area contributed by atoms with Gasteiger partial charge in [0.15, 0.2) is 0 Å². The molecule has 10 heteroatoms. The Hall–Kier alpha value is -2.62. The van der Waals surface area contributed by atoms with Crippen molar-refractivity contribution in [2.75, 3.05) is 25.0 Å². The fraction of sp³-hybridized carbons (Fsp3) is 0.350. The maximum Gasteiger partial charge on any atom is 0.501 e. The van der Waals surface area contributed by atoms with Crippen molar-refractivity contribution in [1.29, 1.82) is 0 Å². The molecule has 1 fully saturated rings. The number of halogens is 4. The van der Waals surface area contributed by atoms with Crippen LogP contribution in [0, 0.1) is 11.7 Å². The number of likely N-dealkylation sites (tertiary alicyclic amines) is 1. The highest BCUT2D eigenvalue weighted by Gasteiger charge is 2.48. The van der Waals surface area contributed by atoms with Crippen molar-refractivity contribution in [2.24, 2.45) is 5.92 Å². The standard InChI is InChI=1S/C20H20F4N2O3S/c21-16-6-7-17(18(12-16)30(28,29)20(22,23)24)25-13-14-8-10-26(11-9-14)19(27)15-4-2-1-3-5-15/h1-7,12,14,25H,8-11,13H2. The summed E-state index contributed by atoms with van der Waals surface area (Å²) in [5.74, 6) is -1.13.